The molecule has 0 aliphatic carbocycles. The Labute approximate surface area is 111 Å². The van der Waals surface area contributed by atoms with Gasteiger partial charge in [0, 0.05) is 0 Å². The second kappa shape index (κ2) is 5.20. The minimum atomic E-state index is 0.164. The lowest BCUT2D eigenvalue weighted by molar-refractivity contribution is 1.47. The quantitative estimate of drug-likeness (QED) is 0.356. The van der Waals surface area contributed by atoms with Gasteiger partial charge in [0.15, 0.2) is 0 Å². The van der Waals surface area contributed by atoms with Crippen LogP contribution in [0.2, 0.25) is 25.1 Å². The van der Waals surface area contributed by atoms with Crippen molar-refractivity contribution in [2.45, 2.75) is 4.90 Å². The normalized spacial score (nSPS) is 10.4. The first-order valence-electron chi connectivity index (χ1n) is 3.29. The largest absolute Gasteiger partial charge is 0.0954 e. The van der Waals surface area contributed by atoms with Crippen molar-refractivity contribution >= 4 is 69.8 Å². The summed E-state index contributed by atoms with van der Waals surface area (Å²) in [6, 6.07) is 0. The van der Waals surface area contributed by atoms with Crippen molar-refractivity contribution in [2.24, 2.45) is 0 Å². The van der Waals surface area contributed by atoms with Gasteiger partial charge >= 0.3 is 0 Å². The Kier molecular flexibility index (Phi) is 4.76. The number of thioether (sulfide) groups is 1. The van der Waals surface area contributed by atoms with Gasteiger partial charge in [0.2, 0.25) is 0 Å². The highest BCUT2D eigenvalue weighted by Gasteiger charge is 2.18. The van der Waals surface area contributed by atoms with Crippen LogP contribution < -0.4 is 0 Å². The van der Waals surface area contributed by atoms with Gasteiger partial charge in [0.25, 0.3) is 0 Å². The van der Waals surface area contributed by atoms with Crippen molar-refractivity contribution in [3.8, 4) is 0 Å². The molecule has 6 heteroatoms. The Hall–Kier alpha value is 0.760. The van der Waals surface area contributed by atoms with Gasteiger partial charge in [-0.15, -0.1) is 0 Å². The van der Waals surface area contributed by atoms with Crippen LogP contribution in [0.15, 0.2) is 16.9 Å². The summed E-state index contributed by atoms with van der Waals surface area (Å²) in [7, 11) is 0. The van der Waals surface area contributed by atoms with Crippen molar-refractivity contribution in [2.75, 3.05) is 0 Å². The predicted octanol–water partition coefficient (Wildman–Crippen LogP) is 6.19. The lowest BCUT2D eigenvalue weighted by Crippen LogP contribution is -1.82. The summed E-state index contributed by atoms with van der Waals surface area (Å²) in [4.78, 5) is 0.558. The van der Waals surface area contributed by atoms with Gasteiger partial charge in [-0.3, -0.25) is 0 Å². The highest BCUT2D eigenvalue weighted by atomic mass is 35.5. The van der Waals surface area contributed by atoms with E-state index in [2.05, 4.69) is 6.58 Å². The van der Waals surface area contributed by atoms with Crippen LogP contribution in [0.25, 0.3) is 0 Å². The Bertz CT molecular complexity index is 359. The summed E-state index contributed by atoms with van der Waals surface area (Å²) in [5.74, 6) is 0. The van der Waals surface area contributed by atoms with Crippen LogP contribution >= 0.6 is 69.8 Å². The summed E-state index contributed by atoms with van der Waals surface area (Å²) in [6.07, 6.45) is 0. The first-order chi connectivity index (χ1) is 6.50. The van der Waals surface area contributed by atoms with Gasteiger partial charge in [-0.25, -0.2) is 0 Å². The van der Waals surface area contributed by atoms with E-state index in [1.54, 1.807) is 5.41 Å². The maximum Gasteiger partial charge on any atom is 0.0809 e. The lowest BCUT2D eigenvalue weighted by Gasteiger charge is -2.09. The first kappa shape index (κ1) is 12.8. The fraction of sp³-hybridized carbons (Fsp3) is 0. The standard InChI is InChI=1S/C8H3Cl5S/c1-2-14-8-6(12)4(10)3(9)5(11)7(8)13/h2H,1H2. The molecule has 0 atom stereocenters. The minimum Gasteiger partial charge on any atom is -0.0954 e. The molecule has 0 aliphatic rings. The van der Waals surface area contributed by atoms with Crippen LogP contribution in [0.1, 0.15) is 0 Å². The number of rotatable bonds is 2. The van der Waals surface area contributed by atoms with Crippen molar-refractivity contribution in [3.63, 3.8) is 0 Å². The summed E-state index contributed by atoms with van der Waals surface area (Å²) in [5.41, 5.74) is 0. The van der Waals surface area contributed by atoms with Gasteiger partial charge in [0.05, 0.1) is 30.0 Å². The van der Waals surface area contributed by atoms with E-state index in [1.165, 1.54) is 11.8 Å². The van der Waals surface area contributed by atoms with E-state index in [4.69, 9.17) is 58.0 Å². The van der Waals surface area contributed by atoms with E-state index in [9.17, 15) is 0 Å². The van der Waals surface area contributed by atoms with Crippen molar-refractivity contribution in [3.05, 3.63) is 37.1 Å². The zero-order chi connectivity index (χ0) is 10.9. The molecule has 1 rings (SSSR count). The van der Waals surface area contributed by atoms with Gasteiger partial charge in [-0.1, -0.05) is 76.3 Å². The number of halogens is 5. The second-order valence-electron chi connectivity index (χ2n) is 2.18. The van der Waals surface area contributed by atoms with E-state index >= 15 is 0 Å². The molecule has 0 spiro atoms. The van der Waals surface area contributed by atoms with E-state index < -0.39 is 0 Å². The van der Waals surface area contributed by atoms with Gasteiger partial charge in [-0.05, 0) is 5.41 Å². The third-order valence-electron chi connectivity index (χ3n) is 1.37. The minimum absolute atomic E-state index is 0.164. The number of hydrogen-bond acceptors (Lipinski definition) is 1. The molecule has 0 nitrogen and oxygen atoms in total. The molecule has 0 saturated carbocycles. The number of benzene rings is 1. The fourth-order valence-corrected chi connectivity index (χ4v) is 2.87. The zero-order valence-electron chi connectivity index (χ0n) is 6.58. The molecular weight excluding hydrogens is 305 g/mol. The Morgan fingerprint density at radius 1 is 0.786 bits per heavy atom. The SMILES string of the molecule is C=CSc1c(Cl)c(Cl)c(Cl)c(Cl)c1Cl. The molecule has 0 radical (unpaired) electrons. The molecule has 0 saturated heterocycles. The average molecular weight is 308 g/mol. The van der Waals surface area contributed by atoms with Crippen molar-refractivity contribution < 1.29 is 0 Å². The fourth-order valence-electron chi connectivity index (χ4n) is 0.772. The summed E-state index contributed by atoms with van der Waals surface area (Å²) in [6.45, 7) is 3.55. The Balaban J connectivity index is 3.50. The molecule has 0 bridgehead atoms. The molecule has 0 heterocycles. The van der Waals surface area contributed by atoms with Gasteiger partial charge in [0.1, 0.15) is 0 Å². The third-order valence-corrected chi connectivity index (χ3v) is 4.68. The molecule has 0 fully saturated rings. The maximum absolute atomic E-state index is 5.93. The highest BCUT2D eigenvalue weighted by molar-refractivity contribution is 8.02. The van der Waals surface area contributed by atoms with E-state index in [0.717, 1.165) is 0 Å². The van der Waals surface area contributed by atoms with Crippen LogP contribution in [0.3, 0.4) is 0 Å². The van der Waals surface area contributed by atoms with Gasteiger partial charge in [-0.2, -0.15) is 0 Å². The Morgan fingerprint density at radius 3 is 1.50 bits per heavy atom. The maximum atomic E-state index is 5.93. The van der Waals surface area contributed by atoms with Crippen LogP contribution in [-0.2, 0) is 0 Å². The van der Waals surface area contributed by atoms with Crippen LogP contribution in [-0.4, -0.2) is 0 Å². The lowest BCUT2D eigenvalue weighted by atomic mass is 10.3. The van der Waals surface area contributed by atoms with Gasteiger partial charge < -0.3 is 0 Å². The molecule has 0 unspecified atom stereocenters. The summed E-state index contributed by atoms with van der Waals surface area (Å²) >= 11 is 30.6. The molecule has 14 heavy (non-hydrogen) atoms. The third kappa shape index (κ3) is 2.29. The van der Waals surface area contributed by atoms with E-state index in [1.807, 2.05) is 0 Å². The summed E-state index contributed by atoms with van der Waals surface area (Å²) < 4.78 is 0. The second-order valence-corrected chi connectivity index (χ2v) is 5.05. The zero-order valence-corrected chi connectivity index (χ0v) is 11.2. The van der Waals surface area contributed by atoms with E-state index in [0.29, 0.717) is 4.90 Å². The molecule has 1 aromatic rings. The molecule has 0 aliphatic heterocycles. The summed E-state index contributed by atoms with van der Waals surface area (Å²) in [5, 5.41) is 2.72. The van der Waals surface area contributed by atoms with Crippen LogP contribution in [0, 0.1) is 0 Å². The molecule has 0 N–H and O–H groups in total. The highest BCUT2D eigenvalue weighted by Crippen LogP contribution is 2.47. The monoisotopic (exact) mass is 306 g/mol. The van der Waals surface area contributed by atoms with Crippen molar-refractivity contribution in [1.82, 2.24) is 0 Å². The predicted molar refractivity (Wildman–Crippen MR) is 67.5 cm³/mol. The Morgan fingerprint density at radius 2 is 1.14 bits per heavy atom. The van der Waals surface area contributed by atoms with Crippen LogP contribution in [0.4, 0.5) is 0 Å². The van der Waals surface area contributed by atoms with E-state index in [-0.39, 0.29) is 25.1 Å². The molecule has 1 aromatic carbocycles. The average Bonchev–Trinajstić information content (AvgIpc) is 2.19. The molecule has 0 amide bonds. The molecule has 76 valence electrons. The topological polar surface area (TPSA) is 0 Å². The van der Waals surface area contributed by atoms with Crippen LogP contribution in [0.5, 0.6) is 0 Å². The van der Waals surface area contributed by atoms with Crippen molar-refractivity contribution in [1.29, 1.82) is 0 Å². The first-order valence-corrected chi connectivity index (χ1v) is 6.06. The number of hydrogen-bond donors (Lipinski definition) is 0. The molecule has 0 aromatic heterocycles. The molecular formula is C8H3Cl5S. The smallest absolute Gasteiger partial charge is 0.0809 e.